The van der Waals surface area contributed by atoms with Crippen LogP contribution in [0.1, 0.15) is 79.0 Å². The van der Waals surface area contributed by atoms with E-state index in [4.69, 9.17) is 9.72 Å². The highest BCUT2D eigenvalue weighted by Gasteiger charge is 2.58. The van der Waals surface area contributed by atoms with Crippen molar-refractivity contribution < 1.29 is 9.30 Å². The van der Waals surface area contributed by atoms with E-state index >= 15 is 0 Å². The van der Waals surface area contributed by atoms with Crippen LogP contribution in [0.4, 0.5) is 0 Å². The molecule has 9 aromatic rings. The molecule has 0 spiro atoms. The van der Waals surface area contributed by atoms with Crippen molar-refractivity contribution in [2.24, 2.45) is 5.41 Å². The van der Waals surface area contributed by atoms with Crippen LogP contribution in [-0.4, -0.2) is 14.1 Å². The van der Waals surface area contributed by atoms with Gasteiger partial charge in [0.2, 0.25) is 0 Å². The first-order valence-electron chi connectivity index (χ1n) is 21.1. The minimum Gasteiger partial charge on any atom is -0.458 e. The van der Waals surface area contributed by atoms with E-state index in [0.717, 1.165) is 50.5 Å². The van der Waals surface area contributed by atoms with Gasteiger partial charge in [-0.1, -0.05) is 153 Å². The van der Waals surface area contributed by atoms with Gasteiger partial charge in [-0.05, 0) is 98.0 Å². The van der Waals surface area contributed by atoms with Crippen LogP contribution in [0.3, 0.4) is 0 Å². The number of aromatic nitrogens is 4. The van der Waals surface area contributed by atoms with Gasteiger partial charge < -0.3 is 4.74 Å². The Morgan fingerprint density at radius 1 is 0.617 bits per heavy atom. The summed E-state index contributed by atoms with van der Waals surface area (Å²) in [6, 6.07) is 51.8. The molecule has 0 unspecified atom stereocenters. The Morgan fingerprint density at radius 2 is 1.32 bits per heavy atom. The van der Waals surface area contributed by atoms with Crippen LogP contribution in [0.25, 0.3) is 61.2 Å². The minimum absolute atomic E-state index is 0.00673. The highest BCUT2D eigenvalue weighted by atomic mass is 16.5. The highest BCUT2D eigenvalue weighted by Crippen LogP contribution is 2.63. The van der Waals surface area contributed by atoms with Gasteiger partial charge in [-0.25, -0.2) is 4.98 Å². The molecule has 0 fully saturated rings. The van der Waals surface area contributed by atoms with Crippen LogP contribution < -0.4 is 9.30 Å². The summed E-state index contributed by atoms with van der Waals surface area (Å²) in [6.45, 7) is 21.3. The smallest absolute Gasteiger partial charge is 0.269 e. The third-order valence-corrected chi connectivity index (χ3v) is 14.3. The number of hydrogen-bond donors (Lipinski definition) is 0. The van der Waals surface area contributed by atoms with Crippen LogP contribution in [-0.2, 0) is 16.2 Å². The first kappa shape index (κ1) is 37.8. The third-order valence-electron chi connectivity index (χ3n) is 14.3. The Bertz CT molecular complexity index is 3140. The molecule has 0 amide bonds. The Balaban J connectivity index is 1.11. The van der Waals surface area contributed by atoms with E-state index in [-0.39, 0.29) is 21.7 Å². The fraction of sp³-hybridized carbons (Fsp3) is 0.236. The maximum Gasteiger partial charge on any atom is 0.269 e. The molecule has 1 aliphatic rings. The lowest BCUT2D eigenvalue weighted by molar-refractivity contribution is -0.572. The number of fused-ring (bicyclic) bond motifs is 5. The molecule has 3 aromatic heterocycles. The van der Waals surface area contributed by atoms with Gasteiger partial charge in [0.15, 0.2) is 0 Å². The molecule has 3 heterocycles. The summed E-state index contributed by atoms with van der Waals surface area (Å²) in [4.78, 5) is 4.88. The van der Waals surface area contributed by atoms with Crippen molar-refractivity contribution in [1.29, 1.82) is 0 Å². The van der Waals surface area contributed by atoms with E-state index in [1.807, 2.05) is 12.3 Å². The summed E-state index contributed by atoms with van der Waals surface area (Å²) >= 11 is 0. The standard InChI is InChI=1S/C55H52N4O/c1-52(2,3)37-30-31-56-49(32-37)59-45-23-14-13-22-42(45)43-27-26-40(34-48(43)59)60-39-21-17-20-38(33-39)57-35-58(47-25-16-15-24-46(47)57)51-41(36-18-11-10-12-19-36)28-29-44-50(51)54(6,7)55(8,9)53(44,4)5/h10-34H,1-9H3. The summed E-state index contributed by atoms with van der Waals surface area (Å²) < 4.78 is 13.5. The second-order valence-electron chi connectivity index (χ2n) is 19.2. The molecule has 60 heavy (non-hydrogen) atoms. The van der Waals surface area contributed by atoms with E-state index in [0.29, 0.717) is 0 Å². The number of benzene rings is 6. The Morgan fingerprint density at radius 3 is 2.10 bits per heavy atom. The molecule has 0 saturated carbocycles. The van der Waals surface area contributed by atoms with Gasteiger partial charge in [-0.2, -0.15) is 0 Å². The van der Waals surface area contributed by atoms with E-state index in [2.05, 4.69) is 222 Å². The predicted octanol–water partition coefficient (Wildman–Crippen LogP) is 13.6. The molecule has 6 aromatic carbocycles. The van der Waals surface area contributed by atoms with Crippen molar-refractivity contribution in [2.45, 2.75) is 78.6 Å². The summed E-state index contributed by atoms with van der Waals surface area (Å²) in [5.74, 6) is 2.40. The molecule has 1 aliphatic carbocycles. The minimum atomic E-state index is -0.137. The van der Waals surface area contributed by atoms with Crippen LogP contribution in [0, 0.1) is 11.7 Å². The average Bonchev–Trinajstić information content (AvgIpc) is 3.82. The molecule has 10 rings (SSSR count). The van der Waals surface area contributed by atoms with Crippen molar-refractivity contribution in [1.82, 2.24) is 14.1 Å². The van der Waals surface area contributed by atoms with Crippen molar-refractivity contribution in [2.75, 3.05) is 0 Å². The molecule has 0 saturated heterocycles. The molecular weight excluding hydrogens is 733 g/mol. The fourth-order valence-corrected chi connectivity index (χ4v) is 9.77. The van der Waals surface area contributed by atoms with E-state index in [1.165, 1.54) is 38.9 Å². The lowest BCUT2D eigenvalue weighted by Gasteiger charge is -2.45. The van der Waals surface area contributed by atoms with Gasteiger partial charge in [0, 0.05) is 23.0 Å². The topological polar surface area (TPSA) is 35.9 Å². The first-order chi connectivity index (χ1) is 28.7. The monoisotopic (exact) mass is 784 g/mol. The average molecular weight is 785 g/mol. The van der Waals surface area contributed by atoms with Gasteiger partial charge in [0.1, 0.15) is 17.3 Å². The fourth-order valence-electron chi connectivity index (χ4n) is 9.77. The number of imidazole rings is 1. The molecule has 5 heteroatoms. The van der Waals surface area contributed by atoms with Gasteiger partial charge in [-0.15, -0.1) is 0 Å². The van der Waals surface area contributed by atoms with Crippen LogP contribution in [0.15, 0.2) is 152 Å². The molecule has 0 radical (unpaired) electrons. The third kappa shape index (κ3) is 5.58. The van der Waals surface area contributed by atoms with Gasteiger partial charge in [0.25, 0.3) is 6.33 Å². The van der Waals surface area contributed by atoms with Crippen LogP contribution in [0.2, 0.25) is 0 Å². The lowest BCUT2D eigenvalue weighted by Crippen LogP contribution is -2.43. The zero-order valence-corrected chi connectivity index (χ0v) is 36.1. The molecule has 0 aliphatic heterocycles. The number of hydrogen-bond acceptors (Lipinski definition) is 2. The molecule has 0 atom stereocenters. The van der Waals surface area contributed by atoms with E-state index < -0.39 is 0 Å². The molecule has 5 nitrogen and oxygen atoms in total. The summed E-state index contributed by atoms with van der Waals surface area (Å²) in [5, 5.41) is 2.34. The second-order valence-corrected chi connectivity index (χ2v) is 19.2. The zero-order chi connectivity index (χ0) is 41.8. The Kier molecular flexibility index (Phi) is 8.36. The van der Waals surface area contributed by atoms with Crippen molar-refractivity contribution in [3.8, 4) is 39.8 Å². The molecule has 0 bridgehead atoms. The molecule has 298 valence electrons. The second kappa shape index (κ2) is 13.3. The SMILES string of the molecule is CC(C)(C)c1ccnc(-n2c3ccccc3c3ccc(Oc4cccc(-n5[c-][n+](-c6c(-c7ccccc7)ccc7c6C(C)(C)C(C)(C)C7(C)C)c6ccccc65)c4)cc32)c1. The maximum atomic E-state index is 6.76. The summed E-state index contributed by atoms with van der Waals surface area (Å²) in [7, 11) is 0. The summed E-state index contributed by atoms with van der Waals surface area (Å²) in [6.07, 6.45) is 5.81. The number of pyridine rings is 1. The van der Waals surface area contributed by atoms with Crippen molar-refractivity contribution >= 4 is 32.8 Å². The number of rotatable bonds is 6. The zero-order valence-electron chi connectivity index (χ0n) is 36.1. The van der Waals surface area contributed by atoms with E-state index in [9.17, 15) is 0 Å². The summed E-state index contributed by atoms with van der Waals surface area (Å²) in [5.41, 5.74) is 12.7. The van der Waals surface area contributed by atoms with Gasteiger partial charge >= 0.3 is 0 Å². The number of para-hydroxylation sites is 3. The van der Waals surface area contributed by atoms with E-state index in [1.54, 1.807) is 0 Å². The maximum absolute atomic E-state index is 6.76. The van der Waals surface area contributed by atoms with Crippen LogP contribution >= 0.6 is 0 Å². The number of nitrogens with zero attached hydrogens (tertiary/aromatic N) is 4. The quantitative estimate of drug-likeness (QED) is 0.124. The molecule has 0 N–H and O–H groups in total. The number of ether oxygens (including phenoxy) is 1. The van der Waals surface area contributed by atoms with Crippen molar-refractivity contribution in [3.63, 3.8) is 0 Å². The molecular formula is C55H52N4O. The largest absolute Gasteiger partial charge is 0.458 e. The predicted molar refractivity (Wildman–Crippen MR) is 246 cm³/mol. The normalized spacial score (nSPS) is 15.5. The van der Waals surface area contributed by atoms with Gasteiger partial charge in [-0.3, -0.25) is 13.7 Å². The van der Waals surface area contributed by atoms with Crippen molar-refractivity contribution in [3.05, 3.63) is 175 Å². The van der Waals surface area contributed by atoms with Gasteiger partial charge in [0.05, 0.1) is 33.4 Å². The Hall–Kier alpha value is -6.46. The Labute approximate surface area is 353 Å². The first-order valence-corrected chi connectivity index (χ1v) is 21.1. The van der Waals surface area contributed by atoms with Crippen LogP contribution in [0.5, 0.6) is 11.5 Å². The highest BCUT2D eigenvalue weighted by molar-refractivity contribution is 6.09. The lowest BCUT2D eigenvalue weighted by atomic mass is 9.59.